The van der Waals surface area contributed by atoms with Crippen LogP contribution in [0.25, 0.3) is 10.8 Å². The van der Waals surface area contributed by atoms with Crippen LogP contribution in [0.5, 0.6) is 0 Å². The predicted molar refractivity (Wildman–Crippen MR) is 58.6 cm³/mol. The summed E-state index contributed by atoms with van der Waals surface area (Å²) in [4.78, 5) is 10.9. The molecule has 0 saturated heterocycles. The van der Waals surface area contributed by atoms with E-state index in [1.54, 1.807) is 12.1 Å². The molecule has 1 N–H and O–H groups in total. The van der Waals surface area contributed by atoms with E-state index in [0.717, 1.165) is 15.2 Å². The molecule has 0 bridgehead atoms. The Morgan fingerprint density at radius 3 is 2.33 bits per heavy atom. The van der Waals surface area contributed by atoms with Crippen LogP contribution < -0.4 is 0 Å². The molecule has 0 amide bonds. The maximum absolute atomic E-state index is 10.9. The van der Waals surface area contributed by atoms with Gasteiger partial charge in [-0.1, -0.05) is 40.2 Å². The minimum absolute atomic E-state index is 0. The van der Waals surface area contributed by atoms with E-state index in [1.807, 2.05) is 24.3 Å². The quantitative estimate of drug-likeness (QED) is 0.820. The van der Waals surface area contributed by atoms with Crippen LogP contribution in [0.3, 0.4) is 0 Å². The molecule has 0 radical (unpaired) electrons. The molecule has 0 heterocycles. The van der Waals surface area contributed by atoms with Crippen molar-refractivity contribution in [2.45, 2.75) is 0 Å². The number of carboxylic acid groups (broad SMARTS) is 1. The fraction of sp³-hybridized carbons (Fsp3) is 0. The largest absolute Gasteiger partial charge is 0.478 e. The van der Waals surface area contributed by atoms with Gasteiger partial charge in [0.05, 0.1) is 5.56 Å². The molecule has 4 heteroatoms. The Bertz CT molecular complexity index is 506. The maximum Gasteiger partial charge on any atom is 0.336 e. The number of aromatic carboxylic acids is 1. The SMILES string of the molecule is O=C(O)c1cccc2cccc(Br)c12.[Zn]. The van der Waals surface area contributed by atoms with Crippen molar-refractivity contribution in [3.05, 3.63) is 46.4 Å². The number of hydrogen-bond acceptors (Lipinski definition) is 1. The zero-order valence-electron chi connectivity index (χ0n) is 7.90. The van der Waals surface area contributed by atoms with E-state index in [4.69, 9.17) is 5.11 Å². The van der Waals surface area contributed by atoms with Crippen LogP contribution in [-0.4, -0.2) is 11.1 Å². The van der Waals surface area contributed by atoms with Crippen LogP contribution in [0.4, 0.5) is 0 Å². The number of fused-ring (bicyclic) bond motifs is 1. The van der Waals surface area contributed by atoms with Gasteiger partial charge in [-0.3, -0.25) is 0 Å². The monoisotopic (exact) mass is 314 g/mol. The Morgan fingerprint density at radius 1 is 1.13 bits per heavy atom. The molecule has 0 spiro atoms. The van der Waals surface area contributed by atoms with Crippen LogP contribution in [0, 0.1) is 0 Å². The molecule has 0 fully saturated rings. The second kappa shape index (κ2) is 4.86. The third-order valence-electron chi connectivity index (χ3n) is 2.08. The number of halogens is 1. The first-order valence-corrected chi connectivity index (χ1v) is 4.90. The number of carboxylic acids is 1. The molecule has 0 aliphatic rings. The fourth-order valence-electron chi connectivity index (χ4n) is 1.47. The Kier molecular flexibility index (Phi) is 4.00. The summed E-state index contributed by atoms with van der Waals surface area (Å²) < 4.78 is 0.813. The second-order valence-electron chi connectivity index (χ2n) is 2.95. The Morgan fingerprint density at radius 2 is 1.73 bits per heavy atom. The molecule has 15 heavy (non-hydrogen) atoms. The molecule has 2 aromatic carbocycles. The van der Waals surface area contributed by atoms with Crippen LogP contribution >= 0.6 is 15.9 Å². The summed E-state index contributed by atoms with van der Waals surface area (Å²) in [7, 11) is 0. The average molecular weight is 316 g/mol. The third-order valence-corrected chi connectivity index (χ3v) is 2.75. The number of benzene rings is 2. The average Bonchev–Trinajstić information content (AvgIpc) is 2.17. The minimum atomic E-state index is -0.900. The summed E-state index contributed by atoms with van der Waals surface area (Å²) in [6.07, 6.45) is 0. The van der Waals surface area contributed by atoms with E-state index in [0.29, 0.717) is 5.56 Å². The van der Waals surface area contributed by atoms with Crippen molar-refractivity contribution in [2.24, 2.45) is 0 Å². The molecular formula is C11H7BrO2Zn. The van der Waals surface area contributed by atoms with Crippen LogP contribution in [0.2, 0.25) is 0 Å². The summed E-state index contributed by atoms with van der Waals surface area (Å²) >= 11 is 3.35. The smallest absolute Gasteiger partial charge is 0.336 e. The van der Waals surface area contributed by atoms with Crippen molar-refractivity contribution >= 4 is 32.7 Å². The molecule has 2 aromatic rings. The van der Waals surface area contributed by atoms with Gasteiger partial charge in [-0.15, -0.1) is 0 Å². The topological polar surface area (TPSA) is 37.3 Å². The Labute approximate surface area is 108 Å². The summed E-state index contributed by atoms with van der Waals surface area (Å²) in [6, 6.07) is 10.9. The van der Waals surface area contributed by atoms with Gasteiger partial charge in [-0.05, 0) is 17.5 Å². The Hall–Kier alpha value is -0.727. The molecule has 2 rings (SSSR count). The minimum Gasteiger partial charge on any atom is -0.478 e. The van der Waals surface area contributed by atoms with Crippen molar-refractivity contribution in [1.29, 1.82) is 0 Å². The van der Waals surface area contributed by atoms with Gasteiger partial charge in [0, 0.05) is 29.3 Å². The van der Waals surface area contributed by atoms with Crippen LogP contribution in [0.15, 0.2) is 40.9 Å². The van der Waals surface area contributed by atoms with Crippen molar-refractivity contribution in [3.8, 4) is 0 Å². The van der Waals surface area contributed by atoms with E-state index in [9.17, 15) is 4.79 Å². The van der Waals surface area contributed by atoms with E-state index >= 15 is 0 Å². The summed E-state index contributed by atoms with van der Waals surface area (Å²) in [6.45, 7) is 0. The molecule has 0 atom stereocenters. The molecule has 2 nitrogen and oxygen atoms in total. The molecular weight excluding hydrogens is 309 g/mol. The van der Waals surface area contributed by atoms with Crippen LogP contribution in [0.1, 0.15) is 10.4 Å². The molecule has 72 valence electrons. The predicted octanol–water partition coefficient (Wildman–Crippen LogP) is 3.30. The normalized spacial score (nSPS) is 9.67. The molecule has 0 aromatic heterocycles. The van der Waals surface area contributed by atoms with Crippen LogP contribution in [-0.2, 0) is 19.5 Å². The summed E-state index contributed by atoms with van der Waals surface area (Å²) in [5.41, 5.74) is 0.329. The van der Waals surface area contributed by atoms with E-state index in [2.05, 4.69) is 15.9 Å². The van der Waals surface area contributed by atoms with Gasteiger partial charge >= 0.3 is 5.97 Å². The molecule has 0 unspecified atom stereocenters. The van der Waals surface area contributed by atoms with E-state index < -0.39 is 5.97 Å². The van der Waals surface area contributed by atoms with Gasteiger partial charge in [-0.25, -0.2) is 4.79 Å². The molecule has 0 aliphatic carbocycles. The van der Waals surface area contributed by atoms with Gasteiger partial charge in [0.1, 0.15) is 0 Å². The first kappa shape index (κ1) is 12.3. The van der Waals surface area contributed by atoms with Gasteiger partial charge in [0.15, 0.2) is 0 Å². The van der Waals surface area contributed by atoms with Crippen molar-refractivity contribution in [2.75, 3.05) is 0 Å². The Balaban J connectivity index is 0.00000112. The van der Waals surface area contributed by atoms with Gasteiger partial charge in [0.25, 0.3) is 0 Å². The molecule has 0 saturated carbocycles. The fourth-order valence-corrected chi connectivity index (χ4v) is 2.07. The standard InChI is InChI=1S/C11H7BrO2.Zn/c12-9-6-2-4-7-3-1-5-8(10(7)9)11(13)14;/h1-6H,(H,13,14);. The third kappa shape index (κ3) is 2.27. The van der Waals surface area contributed by atoms with Crippen molar-refractivity contribution < 1.29 is 29.4 Å². The van der Waals surface area contributed by atoms with Crippen molar-refractivity contribution in [1.82, 2.24) is 0 Å². The number of hydrogen-bond donors (Lipinski definition) is 1. The van der Waals surface area contributed by atoms with Gasteiger partial charge < -0.3 is 5.11 Å². The summed E-state index contributed by atoms with van der Waals surface area (Å²) in [5.74, 6) is -0.900. The number of carbonyl (C=O) groups is 1. The second-order valence-corrected chi connectivity index (χ2v) is 3.80. The first-order valence-electron chi connectivity index (χ1n) is 4.10. The van der Waals surface area contributed by atoms with E-state index in [-0.39, 0.29) is 19.5 Å². The first-order chi connectivity index (χ1) is 6.70. The maximum atomic E-state index is 10.9. The number of rotatable bonds is 1. The zero-order chi connectivity index (χ0) is 10.1. The summed E-state index contributed by atoms with van der Waals surface area (Å²) in [5, 5.41) is 10.7. The van der Waals surface area contributed by atoms with Crippen molar-refractivity contribution in [3.63, 3.8) is 0 Å². The van der Waals surface area contributed by atoms with E-state index in [1.165, 1.54) is 0 Å². The van der Waals surface area contributed by atoms with Gasteiger partial charge in [0.2, 0.25) is 0 Å². The molecule has 0 aliphatic heterocycles. The van der Waals surface area contributed by atoms with Gasteiger partial charge in [-0.2, -0.15) is 0 Å². The zero-order valence-corrected chi connectivity index (χ0v) is 12.5.